The standard InChI is InChI=1S/C30H28FN3O3/c1-20(2)33-16-17-34-26(18-23-10-6-7-11-25(23)22-12-14-24(31)15-13-22)32-29(35)28(27(34)30(33)36)37-19-21-8-4-3-5-9-21/h3-15,20H,16-19H2,1-2H3. The highest BCUT2D eigenvalue weighted by atomic mass is 19.1. The number of hydrogen-bond donors (Lipinski definition) is 0. The summed E-state index contributed by atoms with van der Waals surface area (Å²) in [6.45, 7) is 5.09. The molecule has 0 N–H and O–H groups in total. The van der Waals surface area contributed by atoms with Crippen molar-refractivity contribution in [3.05, 3.63) is 118 Å². The van der Waals surface area contributed by atoms with Crippen molar-refractivity contribution in [2.75, 3.05) is 6.54 Å². The fourth-order valence-electron chi connectivity index (χ4n) is 4.72. The minimum Gasteiger partial charge on any atom is -0.481 e. The Morgan fingerprint density at radius 1 is 0.919 bits per heavy atom. The summed E-state index contributed by atoms with van der Waals surface area (Å²) in [5.74, 6) is -0.0622. The van der Waals surface area contributed by atoms with Crippen LogP contribution in [0.3, 0.4) is 0 Å². The van der Waals surface area contributed by atoms with E-state index in [-0.39, 0.29) is 35.8 Å². The molecule has 3 aromatic carbocycles. The molecule has 1 aliphatic heterocycles. The molecule has 2 heterocycles. The summed E-state index contributed by atoms with van der Waals surface area (Å²) >= 11 is 0. The Labute approximate surface area is 215 Å². The van der Waals surface area contributed by atoms with Crippen LogP contribution in [0.4, 0.5) is 4.39 Å². The van der Waals surface area contributed by atoms with Crippen molar-refractivity contribution in [3.63, 3.8) is 0 Å². The van der Waals surface area contributed by atoms with Gasteiger partial charge in [-0.1, -0.05) is 66.7 Å². The maximum absolute atomic E-state index is 13.6. The van der Waals surface area contributed by atoms with Crippen molar-refractivity contribution in [1.82, 2.24) is 14.5 Å². The Kier molecular flexibility index (Phi) is 6.86. The first kappa shape index (κ1) is 24.4. The monoisotopic (exact) mass is 497 g/mol. The van der Waals surface area contributed by atoms with Gasteiger partial charge in [0.25, 0.3) is 5.91 Å². The van der Waals surface area contributed by atoms with Gasteiger partial charge in [-0.25, -0.2) is 4.39 Å². The fourth-order valence-corrected chi connectivity index (χ4v) is 4.72. The van der Waals surface area contributed by atoms with Gasteiger partial charge in [0.15, 0.2) is 5.69 Å². The third-order valence-corrected chi connectivity index (χ3v) is 6.62. The van der Waals surface area contributed by atoms with Gasteiger partial charge < -0.3 is 14.2 Å². The topological polar surface area (TPSA) is 64.4 Å². The molecule has 0 saturated heterocycles. The molecule has 188 valence electrons. The molecule has 0 bridgehead atoms. The average Bonchev–Trinajstić information content (AvgIpc) is 2.90. The molecule has 0 atom stereocenters. The second-order valence-electron chi connectivity index (χ2n) is 9.37. The molecule has 1 amide bonds. The van der Waals surface area contributed by atoms with E-state index in [1.165, 1.54) is 12.1 Å². The molecule has 0 fully saturated rings. The molecule has 0 aliphatic carbocycles. The number of carbonyl (C=O) groups is 1. The first-order valence-electron chi connectivity index (χ1n) is 12.4. The van der Waals surface area contributed by atoms with Crippen molar-refractivity contribution in [2.24, 2.45) is 0 Å². The molecule has 0 spiro atoms. The van der Waals surface area contributed by atoms with Crippen LogP contribution in [-0.4, -0.2) is 32.9 Å². The third kappa shape index (κ3) is 5.03. The maximum atomic E-state index is 13.6. The predicted molar refractivity (Wildman–Crippen MR) is 140 cm³/mol. The molecule has 37 heavy (non-hydrogen) atoms. The van der Waals surface area contributed by atoms with Gasteiger partial charge >= 0.3 is 5.56 Å². The molecule has 0 saturated carbocycles. The highest BCUT2D eigenvalue weighted by molar-refractivity contribution is 5.96. The van der Waals surface area contributed by atoms with E-state index in [4.69, 9.17) is 4.74 Å². The van der Waals surface area contributed by atoms with E-state index in [1.807, 2.05) is 73.0 Å². The molecular weight excluding hydrogens is 469 g/mol. The van der Waals surface area contributed by atoms with Crippen LogP contribution in [0, 0.1) is 5.82 Å². The van der Waals surface area contributed by atoms with Crippen LogP contribution in [0.1, 0.15) is 41.3 Å². The first-order valence-corrected chi connectivity index (χ1v) is 12.4. The van der Waals surface area contributed by atoms with Gasteiger partial charge in [-0.2, -0.15) is 4.98 Å². The van der Waals surface area contributed by atoms with E-state index in [0.29, 0.717) is 25.3 Å². The van der Waals surface area contributed by atoms with Crippen molar-refractivity contribution < 1.29 is 13.9 Å². The van der Waals surface area contributed by atoms with Crippen molar-refractivity contribution in [2.45, 2.75) is 39.5 Å². The number of benzene rings is 3. The lowest BCUT2D eigenvalue weighted by Gasteiger charge is -2.34. The fraction of sp³-hybridized carbons (Fsp3) is 0.233. The Hall–Kier alpha value is -4.26. The Morgan fingerprint density at radius 2 is 1.62 bits per heavy atom. The van der Waals surface area contributed by atoms with Crippen molar-refractivity contribution >= 4 is 5.91 Å². The van der Waals surface area contributed by atoms with Crippen molar-refractivity contribution in [3.8, 4) is 16.9 Å². The Morgan fingerprint density at radius 3 is 2.35 bits per heavy atom. The number of aromatic nitrogens is 2. The number of ether oxygens (including phenoxy) is 1. The zero-order valence-corrected chi connectivity index (χ0v) is 20.9. The summed E-state index contributed by atoms with van der Waals surface area (Å²) in [6.07, 6.45) is 0.337. The summed E-state index contributed by atoms with van der Waals surface area (Å²) in [7, 11) is 0. The molecule has 0 radical (unpaired) electrons. The summed E-state index contributed by atoms with van der Waals surface area (Å²) in [5, 5.41) is 0. The van der Waals surface area contributed by atoms with Crippen LogP contribution in [0.5, 0.6) is 5.75 Å². The lowest BCUT2D eigenvalue weighted by molar-refractivity contribution is 0.0634. The van der Waals surface area contributed by atoms with E-state index in [0.717, 1.165) is 22.3 Å². The van der Waals surface area contributed by atoms with E-state index in [9.17, 15) is 14.0 Å². The maximum Gasteiger partial charge on any atom is 0.316 e. The molecule has 1 aromatic heterocycles. The van der Waals surface area contributed by atoms with Gasteiger partial charge in [0.2, 0.25) is 5.75 Å². The highest BCUT2D eigenvalue weighted by Crippen LogP contribution is 2.28. The second-order valence-corrected chi connectivity index (χ2v) is 9.37. The van der Waals surface area contributed by atoms with E-state index in [1.54, 1.807) is 17.0 Å². The van der Waals surface area contributed by atoms with Gasteiger partial charge in [-0.05, 0) is 48.2 Å². The Balaban J connectivity index is 1.57. The SMILES string of the molecule is CC(C)N1CCn2c(Cc3ccccc3-c3ccc(F)cc3)nc(=O)c(OCc3ccccc3)c2C1=O. The van der Waals surface area contributed by atoms with Crippen LogP contribution in [0.15, 0.2) is 83.7 Å². The normalized spacial score (nSPS) is 13.1. The average molecular weight is 498 g/mol. The summed E-state index contributed by atoms with van der Waals surface area (Å²) in [6, 6.07) is 23.6. The van der Waals surface area contributed by atoms with Gasteiger partial charge in [0.05, 0.1) is 0 Å². The zero-order chi connectivity index (χ0) is 25.9. The lowest BCUT2D eigenvalue weighted by atomic mass is 9.97. The van der Waals surface area contributed by atoms with E-state index < -0.39 is 5.56 Å². The number of hydrogen-bond acceptors (Lipinski definition) is 4. The van der Waals surface area contributed by atoms with E-state index >= 15 is 0 Å². The van der Waals surface area contributed by atoms with Gasteiger partial charge in [-0.3, -0.25) is 9.59 Å². The van der Waals surface area contributed by atoms with Crippen LogP contribution < -0.4 is 10.3 Å². The first-order chi connectivity index (χ1) is 17.9. The van der Waals surface area contributed by atoms with Crippen LogP contribution in [0.2, 0.25) is 0 Å². The van der Waals surface area contributed by atoms with Gasteiger partial charge in [0.1, 0.15) is 18.2 Å². The second kappa shape index (κ2) is 10.4. The Bertz CT molecular complexity index is 1480. The molecule has 0 unspecified atom stereocenters. The molecule has 7 heteroatoms. The summed E-state index contributed by atoms with van der Waals surface area (Å²) in [5.41, 5.74) is 3.28. The van der Waals surface area contributed by atoms with E-state index in [2.05, 4.69) is 4.98 Å². The summed E-state index contributed by atoms with van der Waals surface area (Å²) < 4.78 is 21.3. The van der Waals surface area contributed by atoms with Crippen LogP contribution in [-0.2, 0) is 19.6 Å². The number of carbonyl (C=O) groups excluding carboxylic acids is 1. The van der Waals surface area contributed by atoms with Gasteiger partial charge in [0, 0.05) is 25.6 Å². The number of nitrogens with zero attached hydrogens (tertiary/aromatic N) is 3. The lowest BCUT2D eigenvalue weighted by Crippen LogP contribution is -2.46. The largest absolute Gasteiger partial charge is 0.481 e. The number of rotatable bonds is 7. The minimum atomic E-state index is -0.560. The van der Waals surface area contributed by atoms with Crippen molar-refractivity contribution in [1.29, 1.82) is 0 Å². The van der Waals surface area contributed by atoms with Gasteiger partial charge in [-0.15, -0.1) is 0 Å². The number of halogens is 1. The molecule has 6 nitrogen and oxygen atoms in total. The smallest absolute Gasteiger partial charge is 0.316 e. The zero-order valence-electron chi connectivity index (χ0n) is 20.9. The summed E-state index contributed by atoms with van der Waals surface area (Å²) in [4.78, 5) is 33.0. The predicted octanol–water partition coefficient (Wildman–Crippen LogP) is 5.08. The molecular formula is C30H28FN3O3. The van der Waals surface area contributed by atoms with Crippen LogP contribution in [0.25, 0.3) is 11.1 Å². The molecule has 4 aromatic rings. The number of amides is 1. The number of fused-ring (bicyclic) bond motifs is 1. The minimum absolute atomic E-state index is 0.0187. The third-order valence-electron chi connectivity index (χ3n) is 6.62. The highest BCUT2D eigenvalue weighted by Gasteiger charge is 2.33. The molecule has 1 aliphatic rings. The quantitative estimate of drug-likeness (QED) is 0.357. The molecule has 5 rings (SSSR count). The van der Waals surface area contributed by atoms with Crippen LogP contribution >= 0.6 is 0 Å².